The minimum Gasteiger partial charge on any atom is -0.468 e. The molecule has 8 nitrogen and oxygen atoms in total. The van der Waals surface area contributed by atoms with Crippen molar-refractivity contribution < 1.29 is 37.5 Å². The molecule has 0 rings (SSSR count). The number of hydrogen-bond donors (Lipinski definition) is 4. The molecule has 0 aromatic carbocycles. The highest BCUT2D eigenvalue weighted by molar-refractivity contribution is 5.82. The number of halogens is 3. The Morgan fingerprint density at radius 2 is 1.86 bits per heavy atom. The van der Waals surface area contributed by atoms with Crippen LogP contribution in [0.15, 0.2) is 0 Å². The molecule has 21 heavy (non-hydrogen) atoms. The second-order valence-electron chi connectivity index (χ2n) is 4.02. The van der Waals surface area contributed by atoms with Gasteiger partial charge in [0.2, 0.25) is 5.91 Å². The number of alkyl halides is 3. The Labute approximate surface area is 118 Å². The fourth-order valence-corrected chi connectivity index (χ4v) is 1.24. The van der Waals surface area contributed by atoms with Gasteiger partial charge in [-0.1, -0.05) is 0 Å². The van der Waals surface area contributed by atoms with Gasteiger partial charge < -0.3 is 10.1 Å². The van der Waals surface area contributed by atoms with Crippen LogP contribution in [0, 0.1) is 0 Å². The van der Waals surface area contributed by atoms with Gasteiger partial charge in [0.1, 0.15) is 12.6 Å². The average Bonchev–Trinajstić information content (AvgIpc) is 2.41. The summed E-state index contributed by atoms with van der Waals surface area (Å²) in [6.45, 7) is 0.517. The maximum atomic E-state index is 12.7. The molecule has 0 aromatic rings. The van der Waals surface area contributed by atoms with E-state index in [1.54, 1.807) is 0 Å². The standard InChI is InChI=1S/C10H16F3N3O5/c1-5(9(19)16-20)15-6(10(11,12)13)3-7(17)14-4-8(18)21-2/h5-6,15,20H,3-4H2,1-2H3,(H,14,17)(H,16,19)/t5-,6?/m0/s1. The number of carbonyl (C=O) groups excluding carboxylic acids is 3. The Hall–Kier alpha value is -1.88. The van der Waals surface area contributed by atoms with Crippen LogP contribution in [0.4, 0.5) is 13.2 Å². The van der Waals surface area contributed by atoms with Crippen molar-refractivity contribution in [3.8, 4) is 0 Å². The monoisotopic (exact) mass is 315 g/mol. The highest BCUT2D eigenvalue weighted by Crippen LogP contribution is 2.23. The number of hydrogen-bond acceptors (Lipinski definition) is 6. The first-order chi connectivity index (χ1) is 9.61. The number of methoxy groups -OCH3 is 1. The Bertz CT molecular complexity index is 389. The molecule has 2 amide bonds. The third kappa shape index (κ3) is 7.46. The van der Waals surface area contributed by atoms with Crippen LogP contribution in [0.3, 0.4) is 0 Å². The van der Waals surface area contributed by atoms with E-state index in [2.05, 4.69) is 4.74 Å². The van der Waals surface area contributed by atoms with Gasteiger partial charge in [-0.2, -0.15) is 13.2 Å². The highest BCUT2D eigenvalue weighted by Gasteiger charge is 2.42. The Morgan fingerprint density at radius 3 is 2.29 bits per heavy atom. The number of amides is 2. The van der Waals surface area contributed by atoms with E-state index in [0.29, 0.717) is 0 Å². The Morgan fingerprint density at radius 1 is 1.29 bits per heavy atom. The van der Waals surface area contributed by atoms with E-state index >= 15 is 0 Å². The second-order valence-corrected chi connectivity index (χ2v) is 4.02. The minimum absolute atomic E-state index is 0.563. The first-order valence-corrected chi connectivity index (χ1v) is 5.72. The molecule has 0 spiro atoms. The summed E-state index contributed by atoms with van der Waals surface area (Å²) < 4.78 is 42.4. The van der Waals surface area contributed by atoms with Crippen molar-refractivity contribution in [2.45, 2.75) is 31.6 Å². The van der Waals surface area contributed by atoms with Gasteiger partial charge in [-0.15, -0.1) is 0 Å². The van der Waals surface area contributed by atoms with Crippen molar-refractivity contribution in [3.63, 3.8) is 0 Å². The van der Waals surface area contributed by atoms with E-state index < -0.39 is 49.0 Å². The molecule has 0 bridgehead atoms. The molecule has 1 unspecified atom stereocenters. The molecule has 0 heterocycles. The zero-order valence-electron chi connectivity index (χ0n) is 11.3. The maximum Gasteiger partial charge on any atom is 0.404 e. The van der Waals surface area contributed by atoms with Crippen LogP contribution < -0.4 is 16.1 Å². The molecule has 0 aromatic heterocycles. The summed E-state index contributed by atoms with van der Waals surface area (Å²) in [5, 5.41) is 12.1. The molecule has 0 aliphatic heterocycles. The Kier molecular flexibility index (Phi) is 7.66. The van der Waals surface area contributed by atoms with Gasteiger partial charge >= 0.3 is 12.1 Å². The molecule has 11 heteroatoms. The minimum atomic E-state index is -4.80. The molecule has 122 valence electrons. The summed E-state index contributed by atoms with van der Waals surface area (Å²) >= 11 is 0. The second kappa shape index (κ2) is 8.42. The molecule has 0 fully saturated rings. The third-order valence-electron chi connectivity index (χ3n) is 2.40. The van der Waals surface area contributed by atoms with E-state index in [0.717, 1.165) is 14.0 Å². The first kappa shape index (κ1) is 19.1. The predicted molar refractivity (Wildman–Crippen MR) is 62.0 cm³/mol. The van der Waals surface area contributed by atoms with Crippen molar-refractivity contribution in [3.05, 3.63) is 0 Å². The average molecular weight is 315 g/mol. The summed E-state index contributed by atoms with van der Waals surface area (Å²) in [4.78, 5) is 33.0. The number of esters is 1. The van der Waals surface area contributed by atoms with Gasteiger partial charge in [-0.3, -0.25) is 24.9 Å². The molecular weight excluding hydrogens is 299 g/mol. The third-order valence-corrected chi connectivity index (χ3v) is 2.40. The molecule has 2 atom stereocenters. The predicted octanol–water partition coefficient (Wildman–Crippen LogP) is -0.920. The molecule has 0 saturated carbocycles. The van der Waals surface area contributed by atoms with Crippen LogP contribution in [0.2, 0.25) is 0 Å². The van der Waals surface area contributed by atoms with Crippen molar-refractivity contribution in [2.24, 2.45) is 0 Å². The van der Waals surface area contributed by atoms with E-state index in [-0.39, 0.29) is 0 Å². The van der Waals surface area contributed by atoms with Crippen LogP contribution in [-0.4, -0.2) is 54.9 Å². The highest BCUT2D eigenvalue weighted by atomic mass is 19.4. The normalized spacial score (nSPS) is 14.0. The lowest BCUT2D eigenvalue weighted by atomic mass is 10.1. The lowest BCUT2D eigenvalue weighted by Crippen LogP contribution is -2.53. The van der Waals surface area contributed by atoms with Crippen LogP contribution in [-0.2, 0) is 19.1 Å². The zero-order chi connectivity index (χ0) is 16.6. The quantitative estimate of drug-likeness (QED) is 0.274. The fourth-order valence-electron chi connectivity index (χ4n) is 1.24. The van der Waals surface area contributed by atoms with Gasteiger partial charge in [0.25, 0.3) is 5.91 Å². The molecule has 0 aliphatic rings. The van der Waals surface area contributed by atoms with Crippen molar-refractivity contribution in [2.75, 3.05) is 13.7 Å². The summed E-state index contributed by atoms with van der Waals surface area (Å²) in [6.07, 6.45) is -5.84. The summed E-state index contributed by atoms with van der Waals surface area (Å²) in [6, 6.07) is -3.70. The van der Waals surface area contributed by atoms with Gasteiger partial charge in [0.05, 0.1) is 19.6 Å². The smallest absolute Gasteiger partial charge is 0.404 e. The lowest BCUT2D eigenvalue weighted by molar-refractivity contribution is -0.164. The molecular formula is C10H16F3N3O5. The van der Waals surface area contributed by atoms with Gasteiger partial charge in [-0.05, 0) is 6.92 Å². The maximum absolute atomic E-state index is 12.7. The van der Waals surface area contributed by atoms with Crippen LogP contribution in [0.25, 0.3) is 0 Å². The van der Waals surface area contributed by atoms with Crippen molar-refractivity contribution >= 4 is 17.8 Å². The summed E-state index contributed by atoms with van der Waals surface area (Å²) in [7, 11) is 1.06. The van der Waals surface area contributed by atoms with E-state index in [4.69, 9.17) is 5.21 Å². The molecule has 4 N–H and O–H groups in total. The van der Waals surface area contributed by atoms with Gasteiger partial charge in [0, 0.05) is 0 Å². The topological polar surface area (TPSA) is 117 Å². The zero-order valence-corrected chi connectivity index (χ0v) is 11.3. The number of hydroxylamine groups is 1. The van der Waals surface area contributed by atoms with Gasteiger partial charge in [-0.25, -0.2) is 5.48 Å². The molecule has 0 saturated heterocycles. The number of nitrogens with one attached hydrogen (secondary N) is 3. The van der Waals surface area contributed by atoms with Crippen LogP contribution in [0.5, 0.6) is 0 Å². The Balaban J connectivity index is 4.61. The van der Waals surface area contributed by atoms with Crippen molar-refractivity contribution in [1.29, 1.82) is 0 Å². The van der Waals surface area contributed by atoms with Gasteiger partial charge in [0.15, 0.2) is 0 Å². The lowest BCUT2D eigenvalue weighted by Gasteiger charge is -2.24. The molecule has 0 radical (unpaired) electrons. The van der Waals surface area contributed by atoms with Crippen molar-refractivity contribution in [1.82, 2.24) is 16.1 Å². The summed E-state index contributed by atoms with van der Waals surface area (Å²) in [5.41, 5.74) is 1.19. The van der Waals surface area contributed by atoms with E-state index in [1.165, 1.54) is 5.48 Å². The van der Waals surface area contributed by atoms with Crippen LogP contribution >= 0.6 is 0 Å². The summed E-state index contributed by atoms with van der Waals surface area (Å²) in [5.74, 6) is -2.95. The largest absolute Gasteiger partial charge is 0.468 e. The number of rotatable bonds is 7. The fraction of sp³-hybridized carbons (Fsp3) is 0.700. The first-order valence-electron chi connectivity index (χ1n) is 5.72. The van der Waals surface area contributed by atoms with E-state index in [9.17, 15) is 27.6 Å². The van der Waals surface area contributed by atoms with E-state index in [1.807, 2.05) is 10.6 Å². The van der Waals surface area contributed by atoms with Crippen LogP contribution in [0.1, 0.15) is 13.3 Å². The number of ether oxygens (including phenoxy) is 1. The number of carbonyl (C=O) groups is 3. The SMILES string of the molecule is COC(=O)CNC(=O)CC(N[C@@H](C)C(=O)NO)C(F)(F)F. The molecule has 0 aliphatic carbocycles.